The van der Waals surface area contributed by atoms with Crippen LogP contribution in [0, 0.1) is 0 Å². The Morgan fingerprint density at radius 3 is 2.75 bits per heavy atom. The van der Waals surface area contributed by atoms with Crippen molar-refractivity contribution < 1.29 is 4.74 Å². The normalized spacial score (nSPS) is 10.8. The third kappa shape index (κ3) is 4.32. The summed E-state index contributed by atoms with van der Waals surface area (Å²) in [6, 6.07) is 1.67. The Morgan fingerprint density at radius 2 is 2.19 bits per heavy atom. The van der Waals surface area contributed by atoms with E-state index in [0.29, 0.717) is 23.0 Å². The zero-order valence-electron chi connectivity index (χ0n) is 9.77. The molecule has 16 heavy (non-hydrogen) atoms. The zero-order valence-corrected chi connectivity index (χ0v) is 11.4. The summed E-state index contributed by atoms with van der Waals surface area (Å²) in [6.45, 7) is 5.39. The van der Waals surface area contributed by atoms with Crippen molar-refractivity contribution >= 4 is 27.7 Å². The van der Waals surface area contributed by atoms with E-state index in [9.17, 15) is 0 Å². The standard InChI is InChI=1S/C10H17BrN4O/c1-7(2)16-5-4-15(3)10-13-8(11)6-9(12)14-10/h6-7H,4-5H2,1-3H3,(H2,12,13,14). The monoisotopic (exact) mass is 288 g/mol. The molecule has 0 saturated carbocycles. The molecule has 2 N–H and O–H groups in total. The lowest BCUT2D eigenvalue weighted by molar-refractivity contribution is 0.0844. The lowest BCUT2D eigenvalue weighted by Crippen LogP contribution is -2.26. The van der Waals surface area contributed by atoms with Crippen LogP contribution in [0.3, 0.4) is 0 Å². The number of rotatable bonds is 5. The van der Waals surface area contributed by atoms with Crippen molar-refractivity contribution in [3.05, 3.63) is 10.7 Å². The smallest absolute Gasteiger partial charge is 0.228 e. The number of nitrogens with two attached hydrogens (primary N) is 1. The first kappa shape index (κ1) is 13.2. The molecule has 0 fully saturated rings. The van der Waals surface area contributed by atoms with Crippen molar-refractivity contribution in [2.75, 3.05) is 30.8 Å². The summed E-state index contributed by atoms with van der Waals surface area (Å²) in [5.41, 5.74) is 5.64. The van der Waals surface area contributed by atoms with Gasteiger partial charge in [0.15, 0.2) is 0 Å². The van der Waals surface area contributed by atoms with Gasteiger partial charge in [-0.1, -0.05) is 0 Å². The second-order valence-corrected chi connectivity index (χ2v) is 4.57. The molecule has 0 aliphatic carbocycles. The van der Waals surface area contributed by atoms with Gasteiger partial charge < -0.3 is 15.4 Å². The summed E-state index contributed by atoms with van der Waals surface area (Å²) in [5.74, 6) is 1.05. The molecule has 5 nitrogen and oxygen atoms in total. The minimum Gasteiger partial charge on any atom is -0.383 e. The van der Waals surface area contributed by atoms with Gasteiger partial charge in [0.2, 0.25) is 5.95 Å². The Balaban J connectivity index is 2.55. The van der Waals surface area contributed by atoms with Crippen LogP contribution in [-0.2, 0) is 4.74 Å². The summed E-state index contributed by atoms with van der Waals surface area (Å²) in [5, 5.41) is 0. The Morgan fingerprint density at radius 1 is 1.50 bits per heavy atom. The summed E-state index contributed by atoms with van der Waals surface area (Å²) in [6.07, 6.45) is 0.238. The summed E-state index contributed by atoms with van der Waals surface area (Å²) < 4.78 is 6.14. The molecule has 0 aliphatic heterocycles. The average molecular weight is 289 g/mol. The van der Waals surface area contributed by atoms with Crippen LogP contribution in [-0.4, -0.2) is 36.3 Å². The van der Waals surface area contributed by atoms with Crippen molar-refractivity contribution in [3.8, 4) is 0 Å². The number of ether oxygens (including phenoxy) is 1. The van der Waals surface area contributed by atoms with Crippen LogP contribution in [0.15, 0.2) is 10.7 Å². The van der Waals surface area contributed by atoms with Gasteiger partial charge in [-0.15, -0.1) is 0 Å². The number of hydrogen-bond acceptors (Lipinski definition) is 5. The number of aromatic nitrogens is 2. The highest BCUT2D eigenvalue weighted by atomic mass is 79.9. The van der Waals surface area contributed by atoms with E-state index < -0.39 is 0 Å². The van der Waals surface area contributed by atoms with E-state index >= 15 is 0 Å². The molecule has 0 radical (unpaired) electrons. The van der Waals surface area contributed by atoms with Crippen molar-refractivity contribution in [1.29, 1.82) is 0 Å². The number of nitrogens with zero attached hydrogens (tertiary/aromatic N) is 3. The molecule has 0 amide bonds. The number of hydrogen-bond donors (Lipinski definition) is 1. The molecule has 1 aromatic heterocycles. The van der Waals surface area contributed by atoms with Gasteiger partial charge >= 0.3 is 0 Å². The highest BCUT2D eigenvalue weighted by Gasteiger charge is 2.06. The summed E-state index contributed by atoms with van der Waals surface area (Å²) in [4.78, 5) is 10.3. The van der Waals surface area contributed by atoms with E-state index in [-0.39, 0.29) is 6.10 Å². The first-order valence-corrected chi connectivity index (χ1v) is 5.91. The van der Waals surface area contributed by atoms with Crippen LogP contribution >= 0.6 is 15.9 Å². The van der Waals surface area contributed by atoms with Crippen LogP contribution in [0.2, 0.25) is 0 Å². The Hall–Kier alpha value is -0.880. The number of anilines is 2. The fourth-order valence-electron chi connectivity index (χ4n) is 1.12. The van der Waals surface area contributed by atoms with Gasteiger partial charge in [0.05, 0.1) is 12.7 Å². The Kier molecular flexibility index (Phi) is 4.95. The molecule has 1 heterocycles. The maximum atomic E-state index is 5.64. The highest BCUT2D eigenvalue weighted by molar-refractivity contribution is 9.10. The van der Waals surface area contributed by atoms with Crippen LogP contribution in [0.1, 0.15) is 13.8 Å². The van der Waals surface area contributed by atoms with Gasteiger partial charge in [0.25, 0.3) is 0 Å². The number of nitrogen functional groups attached to an aromatic ring is 1. The largest absolute Gasteiger partial charge is 0.383 e. The lowest BCUT2D eigenvalue weighted by Gasteiger charge is -2.18. The van der Waals surface area contributed by atoms with E-state index in [1.54, 1.807) is 6.07 Å². The molecule has 0 unspecified atom stereocenters. The van der Waals surface area contributed by atoms with Gasteiger partial charge in [0, 0.05) is 19.7 Å². The fraction of sp³-hybridized carbons (Fsp3) is 0.600. The predicted octanol–water partition coefficient (Wildman–Crippen LogP) is 1.68. The summed E-state index contributed by atoms with van der Waals surface area (Å²) >= 11 is 3.28. The van der Waals surface area contributed by atoms with Crippen LogP contribution < -0.4 is 10.6 Å². The van der Waals surface area contributed by atoms with Crippen LogP contribution in [0.4, 0.5) is 11.8 Å². The van der Waals surface area contributed by atoms with E-state index in [1.807, 2.05) is 25.8 Å². The van der Waals surface area contributed by atoms with Crippen molar-refractivity contribution in [2.24, 2.45) is 0 Å². The molecule has 1 rings (SSSR count). The molecule has 90 valence electrons. The predicted molar refractivity (Wildman–Crippen MR) is 68.5 cm³/mol. The molecule has 0 bridgehead atoms. The topological polar surface area (TPSA) is 64.3 Å². The van der Waals surface area contributed by atoms with E-state index in [1.165, 1.54) is 0 Å². The lowest BCUT2D eigenvalue weighted by atomic mass is 10.5. The second-order valence-electron chi connectivity index (χ2n) is 3.76. The zero-order chi connectivity index (χ0) is 12.1. The molecule has 0 aromatic carbocycles. The molecule has 1 aromatic rings. The Bertz CT molecular complexity index is 325. The second kappa shape index (κ2) is 6.00. The van der Waals surface area contributed by atoms with Gasteiger partial charge in [-0.2, -0.15) is 4.98 Å². The highest BCUT2D eigenvalue weighted by Crippen LogP contribution is 2.14. The van der Waals surface area contributed by atoms with Crippen molar-refractivity contribution in [3.63, 3.8) is 0 Å². The third-order valence-electron chi connectivity index (χ3n) is 1.92. The SMILES string of the molecule is CC(C)OCCN(C)c1nc(N)cc(Br)n1. The first-order chi connectivity index (χ1) is 7.49. The van der Waals surface area contributed by atoms with Crippen molar-refractivity contribution in [1.82, 2.24) is 9.97 Å². The van der Waals surface area contributed by atoms with E-state index in [4.69, 9.17) is 10.5 Å². The molecule has 6 heteroatoms. The van der Waals surface area contributed by atoms with E-state index in [0.717, 1.165) is 6.54 Å². The Labute approximate surface area is 104 Å². The minimum absolute atomic E-state index is 0.238. The van der Waals surface area contributed by atoms with Gasteiger partial charge in [0.1, 0.15) is 10.4 Å². The third-order valence-corrected chi connectivity index (χ3v) is 2.33. The minimum atomic E-state index is 0.238. The van der Waals surface area contributed by atoms with Crippen LogP contribution in [0.25, 0.3) is 0 Å². The fourth-order valence-corrected chi connectivity index (χ4v) is 1.51. The molecular weight excluding hydrogens is 272 g/mol. The molecule has 0 aliphatic rings. The van der Waals surface area contributed by atoms with Crippen LogP contribution in [0.5, 0.6) is 0 Å². The molecule has 0 spiro atoms. The molecular formula is C10H17BrN4O. The van der Waals surface area contributed by atoms with Gasteiger partial charge in [-0.25, -0.2) is 4.98 Å². The molecule has 0 saturated heterocycles. The molecule has 0 atom stereocenters. The van der Waals surface area contributed by atoms with Gasteiger partial charge in [-0.3, -0.25) is 0 Å². The maximum Gasteiger partial charge on any atom is 0.228 e. The maximum absolute atomic E-state index is 5.64. The quantitative estimate of drug-likeness (QED) is 0.836. The van der Waals surface area contributed by atoms with E-state index in [2.05, 4.69) is 25.9 Å². The van der Waals surface area contributed by atoms with Crippen molar-refractivity contribution in [2.45, 2.75) is 20.0 Å². The first-order valence-electron chi connectivity index (χ1n) is 5.12. The average Bonchev–Trinajstić information content (AvgIpc) is 2.15. The number of halogens is 1. The van der Waals surface area contributed by atoms with Gasteiger partial charge in [-0.05, 0) is 29.8 Å². The summed E-state index contributed by atoms with van der Waals surface area (Å²) in [7, 11) is 1.91. The number of likely N-dealkylation sites (N-methyl/N-ethyl adjacent to an activating group) is 1.